The van der Waals surface area contributed by atoms with Gasteiger partial charge >= 0.3 is 51.4 Å². The van der Waals surface area contributed by atoms with Crippen molar-refractivity contribution >= 4 is 10.1 Å². The van der Waals surface area contributed by atoms with Gasteiger partial charge in [0.1, 0.15) is 0 Å². The van der Waals surface area contributed by atoms with E-state index in [1.807, 2.05) is 6.92 Å². The molecule has 0 aromatic heterocycles. The van der Waals surface area contributed by atoms with Gasteiger partial charge in [-0.05, 0) is 25.7 Å². The minimum atomic E-state index is -4.14. The van der Waals surface area contributed by atoms with Gasteiger partial charge in [0.25, 0.3) is 0 Å². The normalized spacial score (nSPS) is 14.0. The summed E-state index contributed by atoms with van der Waals surface area (Å²) in [4.78, 5) is 0. The van der Waals surface area contributed by atoms with Crippen molar-refractivity contribution in [1.29, 1.82) is 0 Å². The summed E-state index contributed by atoms with van der Waals surface area (Å²) < 4.78 is 33.7. The summed E-state index contributed by atoms with van der Waals surface area (Å²) in [6, 6.07) is 0. The molecule has 0 radical (unpaired) electrons. The van der Waals surface area contributed by atoms with E-state index >= 15 is 0 Å². The summed E-state index contributed by atoms with van der Waals surface area (Å²) in [6.07, 6.45) is 15.5. The Morgan fingerprint density at radius 1 is 0.692 bits per heavy atom. The van der Waals surface area contributed by atoms with Crippen LogP contribution in [-0.4, -0.2) is 29.4 Å². The molecule has 1 N–H and O–H groups in total. The third-order valence-corrected chi connectivity index (χ3v) is 6.28. The smallest absolute Gasteiger partial charge is 0.748 e. The quantitative estimate of drug-likeness (QED) is 0.212. The maximum Gasteiger partial charge on any atom is 1.00 e. The summed E-state index contributed by atoms with van der Waals surface area (Å²) in [5, 5.41) is 9.26. The van der Waals surface area contributed by atoms with Crippen LogP contribution in [0.4, 0.5) is 0 Å². The second-order valence-electron chi connectivity index (χ2n) is 7.46. The monoisotopic (exact) mass is 416 g/mol. The van der Waals surface area contributed by atoms with E-state index in [1.54, 1.807) is 0 Å². The molecule has 152 valence electrons. The third kappa shape index (κ3) is 18.9. The fourth-order valence-electron chi connectivity index (χ4n) is 3.27. The van der Waals surface area contributed by atoms with Crippen molar-refractivity contribution < 1.29 is 69.5 Å². The number of hydrogen-bond donors (Lipinski definition) is 1. The zero-order valence-corrected chi connectivity index (χ0v) is 21.5. The minimum absolute atomic E-state index is 0. The van der Waals surface area contributed by atoms with Crippen LogP contribution in [0.25, 0.3) is 0 Å². The summed E-state index contributed by atoms with van der Waals surface area (Å²) in [6.45, 7) is 4.22. The molecule has 0 aromatic carbocycles. The first-order valence-corrected chi connectivity index (χ1v) is 12.0. The maximum absolute atomic E-state index is 11.2. The molecule has 26 heavy (non-hydrogen) atoms. The molecule has 6 heteroatoms. The molecule has 0 amide bonds. The van der Waals surface area contributed by atoms with Crippen LogP contribution in [0.2, 0.25) is 0 Å². The molecule has 0 aliphatic carbocycles. The number of aliphatic hydroxyl groups is 1. The molecule has 0 heterocycles. The maximum atomic E-state index is 11.2. The Morgan fingerprint density at radius 2 is 1.08 bits per heavy atom. The Balaban J connectivity index is 0. The van der Waals surface area contributed by atoms with Crippen LogP contribution in [0.5, 0.6) is 0 Å². The molecule has 0 saturated carbocycles. The SMILES string of the molecule is CCCCCCCC(O)CCCCCCCC(CCCC)S(=O)(=O)[O-].[K+]. The van der Waals surface area contributed by atoms with E-state index in [-0.39, 0.29) is 57.5 Å². The largest absolute Gasteiger partial charge is 1.00 e. The average molecular weight is 417 g/mol. The van der Waals surface area contributed by atoms with Crippen LogP contribution >= 0.6 is 0 Å². The van der Waals surface area contributed by atoms with Crippen LogP contribution in [-0.2, 0) is 10.1 Å². The fraction of sp³-hybridized carbons (Fsp3) is 1.00. The van der Waals surface area contributed by atoms with Crippen LogP contribution in [0.15, 0.2) is 0 Å². The van der Waals surface area contributed by atoms with Crippen LogP contribution in [0, 0.1) is 0 Å². The van der Waals surface area contributed by atoms with Gasteiger partial charge in [-0.3, -0.25) is 0 Å². The fourth-order valence-corrected chi connectivity index (χ4v) is 4.19. The van der Waals surface area contributed by atoms with Crippen LogP contribution in [0.1, 0.15) is 117 Å². The number of rotatable bonds is 18. The van der Waals surface area contributed by atoms with Gasteiger partial charge in [0, 0.05) is 5.25 Å². The van der Waals surface area contributed by atoms with Gasteiger partial charge in [-0.1, -0.05) is 90.9 Å². The van der Waals surface area contributed by atoms with Crippen LogP contribution in [0.3, 0.4) is 0 Å². The zero-order valence-electron chi connectivity index (χ0n) is 17.5. The van der Waals surface area contributed by atoms with Gasteiger partial charge in [0.05, 0.1) is 16.2 Å². The predicted molar refractivity (Wildman–Crippen MR) is 105 cm³/mol. The van der Waals surface area contributed by atoms with E-state index in [0.29, 0.717) is 12.8 Å². The molecule has 0 aliphatic rings. The topological polar surface area (TPSA) is 77.4 Å². The molecule has 0 bridgehead atoms. The standard InChI is InChI=1S/C20H42O4S.K/c1-3-5-7-9-12-15-19(21)16-13-10-8-11-14-18-20(17-6-4-2)25(22,23)24;/h19-21H,3-18H2,1-2H3,(H,22,23,24);/q;+1/p-1. The van der Waals surface area contributed by atoms with Gasteiger partial charge in [0.2, 0.25) is 0 Å². The Kier molecular flexibility index (Phi) is 22.6. The number of unbranched alkanes of at least 4 members (excludes halogenated alkanes) is 9. The van der Waals surface area contributed by atoms with E-state index in [1.165, 1.54) is 25.7 Å². The Morgan fingerprint density at radius 3 is 1.54 bits per heavy atom. The van der Waals surface area contributed by atoms with Crippen molar-refractivity contribution in [3.05, 3.63) is 0 Å². The molecular formula is C20H41KO4S. The van der Waals surface area contributed by atoms with Crippen molar-refractivity contribution in [2.75, 3.05) is 0 Å². The van der Waals surface area contributed by atoms with E-state index in [2.05, 4.69) is 6.92 Å². The Bertz CT molecular complexity index is 387. The molecule has 2 atom stereocenters. The summed E-state index contributed by atoms with van der Waals surface area (Å²) in [7, 11) is -4.14. The van der Waals surface area contributed by atoms with Gasteiger partial charge in [-0.25, -0.2) is 8.42 Å². The summed E-state index contributed by atoms with van der Waals surface area (Å²) in [5.74, 6) is 0. The van der Waals surface area contributed by atoms with Crippen molar-refractivity contribution in [3.8, 4) is 0 Å². The second-order valence-corrected chi connectivity index (χ2v) is 9.11. The number of aliphatic hydroxyl groups excluding tert-OH is 1. The second kappa shape index (κ2) is 19.8. The Hall–Kier alpha value is 1.51. The van der Waals surface area contributed by atoms with Crippen LogP contribution < -0.4 is 51.4 Å². The zero-order chi connectivity index (χ0) is 19.0. The Labute approximate surface area is 205 Å². The first-order chi connectivity index (χ1) is 11.9. The molecule has 0 rings (SSSR count). The van der Waals surface area contributed by atoms with Gasteiger partial charge in [0.15, 0.2) is 0 Å². The molecule has 0 fully saturated rings. The first-order valence-electron chi connectivity index (χ1n) is 10.5. The molecule has 0 aromatic rings. The van der Waals surface area contributed by atoms with Gasteiger partial charge in [-0.15, -0.1) is 0 Å². The number of hydrogen-bond acceptors (Lipinski definition) is 4. The van der Waals surface area contributed by atoms with Gasteiger partial charge < -0.3 is 9.66 Å². The van der Waals surface area contributed by atoms with E-state index in [0.717, 1.165) is 64.2 Å². The predicted octanol–water partition coefficient (Wildman–Crippen LogP) is 2.55. The van der Waals surface area contributed by atoms with Crippen molar-refractivity contribution in [2.45, 2.75) is 128 Å². The molecule has 4 nitrogen and oxygen atoms in total. The molecule has 0 saturated heterocycles. The molecule has 2 unspecified atom stereocenters. The van der Waals surface area contributed by atoms with E-state index in [4.69, 9.17) is 0 Å². The molecule has 0 aliphatic heterocycles. The van der Waals surface area contributed by atoms with E-state index < -0.39 is 15.4 Å². The van der Waals surface area contributed by atoms with Crippen molar-refractivity contribution in [1.82, 2.24) is 0 Å². The first kappa shape index (κ1) is 29.7. The van der Waals surface area contributed by atoms with Crippen molar-refractivity contribution in [2.24, 2.45) is 0 Å². The van der Waals surface area contributed by atoms with Crippen molar-refractivity contribution in [3.63, 3.8) is 0 Å². The molecular weight excluding hydrogens is 375 g/mol. The average Bonchev–Trinajstić information content (AvgIpc) is 2.55. The minimum Gasteiger partial charge on any atom is -0.748 e. The van der Waals surface area contributed by atoms with E-state index in [9.17, 15) is 18.1 Å². The summed E-state index contributed by atoms with van der Waals surface area (Å²) >= 11 is 0. The summed E-state index contributed by atoms with van der Waals surface area (Å²) in [5.41, 5.74) is 0. The molecule has 0 spiro atoms. The third-order valence-electron chi connectivity index (χ3n) is 4.99. The van der Waals surface area contributed by atoms with Gasteiger partial charge in [-0.2, -0.15) is 0 Å².